The fourth-order valence-electron chi connectivity index (χ4n) is 3.64. The third-order valence-corrected chi connectivity index (χ3v) is 5.32. The summed E-state index contributed by atoms with van der Waals surface area (Å²) in [7, 11) is 0. The molecule has 0 aliphatic carbocycles. The van der Waals surface area contributed by atoms with Crippen LogP contribution in [-0.4, -0.2) is 27.3 Å². The smallest absolute Gasteiger partial charge is 0.258 e. The van der Waals surface area contributed by atoms with Crippen LogP contribution in [-0.2, 0) is 24.2 Å². The van der Waals surface area contributed by atoms with E-state index in [1.54, 1.807) is 6.07 Å². The van der Waals surface area contributed by atoms with Gasteiger partial charge in [0.1, 0.15) is 5.82 Å². The van der Waals surface area contributed by atoms with Crippen LogP contribution < -0.4 is 5.56 Å². The number of hydrogen-bond acceptors (Lipinski definition) is 3. The minimum atomic E-state index is -0.168. The number of aromatic amines is 1. The fraction of sp³-hybridized carbons (Fsp3) is 0.192. The molecule has 1 N–H and O–H groups in total. The third kappa shape index (κ3) is 5.45. The second kappa shape index (κ2) is 9.85. The van der Waals surface area contributed by atoms with Crippen molar-refractivity contribution in [3.63, 3.8) is 0 Å². The van der Waals surface area contributed by atoms with E-state index in [-0.39, 0.29) is 11.5 Å². The predicted octanol–water partition coefficient (Wildman–Crippen LogP) is 4.13. The molecule has 4 rings (SSSR count). The number of carbonyl (C=O) groups excluding carboxylic acids is 1. The predicted molar refractivity (Wildman–Crippen MR) is 123 cm³/mol. The highest BCUT2D eigenvalue weighted by molar-refractivity contribution is 5.78. The normalized spacial score (nSPS) is 10.8. The first-order valence-corrected chi connectivity index (χ1v) is 10.5. The number of carbonyl (C=O) groups is 1. The molecule has 5 heteroatoms. The molecular formula is C26H25N3O2. The van der Waals surface area contributed by atoms with Crippen molar-refractivity contribution in [1.29, 1.82) is 0 Å². The summed E-state index contributed by atoms with van der Waals surface area (Å²) < 4.78 is 0. The molecule has 0 bridgehead atoms. The summed E-state index contributed by atoms with van der Waals surface area (Å²) in [5, 5.41) is 0.561. The second-order valence-corrected chi connectivity index (χ2v) is 7.57. The lowest BCUT2D eigenvalue weighted by Gasteiger charge is -2.23. The van der Waals surface area contributed by atoms with Crippen molar-refractivity contribution in [2.24, 2.45) is 0 Å². The van der Waals surface area contributed by atoms with Gasteiger partial charge in [-0.1, -0.05) is 72.8 Å². The number of rotatable bonds is 8. The number of aryl methyl sites for hydroxylation is 1. The maximum absolute atomic E-state index is 13.1. The Balaban J connectivity index is 1.46. The Morgan fingerprint density at radius 3 is 2.19 bits per heavy atom. The fourth-order valence-corrected chi connectivity index (χ4v) is 3.64. The Hall–Kier alpha value is -3.73. The second-order valence-electron chi connectivity index (χ2n) is 7.57. The number of nitrogens with one attached hydrogen (secondary N) is 1. The molecule has 0 unspecified atom stereocenters. The summed E-state index contributed by atoms with van der Waals surface area (Å²) in [4.78, 5) is 34.6. The molecule has 5 nitrogen and oxygen atoms in total. The number of H-pyrrole nitrogens is 1. The number of amides is 1. The van der Waals surface area contributed by atoms with Crippen LogP contribution in [0.15, 0.2) is 89.7 Å². The first kappa shape index (κ1) is 20.5. The molecule has 1 aromatic heterocycles. The van der Waals surface area contributed by atoms with Crippen LogP contribution in [0.5, 0.6) is 0 Å². The molecule has 0 radical (unpaired) electrons. The van der Waals surface area contributed by atoms with Gasteiger partial charge in [-0.05, 0) is 29.7 Å². The van der Waals surface area contributed by atoms with E-state index in [0.717, 1.165) is 12.0 Å². The van der Waals surface area contributed by atoms with E-state index in [1.165, 1.54) is 5.56 Å². The highest BCUT2D eigenvalue weighted by Crippen LogP contribution is 2.11. The molecule has 1 amide bonds. The number of aromatic nitrogens is 2. The van der Waals surface area contributed by atoms with Gasteiger partial charge in [-0.15, -0.1) is 0 Å². The Morgan fingerprint density at radius 1 is 0.806 bits per heavy atom. The quantitative estimate of drug-likeness (QED) is 0.474. The lowest BCUT2D eigenvalue weighted by Crippen LogP contribution is -2.33. The van der Waals surface area contributed by atoms with Gasteiger partial charge < -0.3 is 9.88 Å². The molecule has 0 atom stereocenters. The zero-order valence-corrected chi connectivity index (χ0v) is 17.3. The Morgan fingerprint density at radius 2 is 1.45 bits per heavy atom. The molecule has 0 saturated heterocycles. The SMILES string of the molecule is O=C(CCc1nc2ccccc2c(=O)[nH]1)N(CCc1ccccc1)Cc1ccccc1. The Kier molecular flexibility index (Phi) is 6.53. The third-order valence-electron chi connectivity index (χ3n) is 5.32. The van der Waals surface area contributed by atoms with Crippen molar-refractivity contribution in [2.75, 3.05) is 6.54 Å². The van der Waals surface area contributed by atoms with Crippen molar-refractivity contribution >= 4 is 16.8 Å². The minimum absolute atomic E-state index is 0.0515. The van der Waals surface area contributed by atoms with Gasteiger partial charge in [-0.25, -0.2) is 4.98 Å². The summed E-state index contributed by atoms with van der Waals surface area (Å²) in [5.74, 6) is 0.593. The van der Waals surface area contributed by atoms with Crippen LogP contribution in [0.3, 0.4) is 0 Å². The van der Waals surface area contributed by atoms with E-state index in [4.69, 9.17) is 0 Å². The van der Waals surface area contributed by atoms with Crippen molar-refractivity contribution < 1.29 is 4.79 Å². The van der Waals surface area contributed by atoms with Gasteiger partial charge in [0.05, 0.1) is 10.9 Å². The van der Waals surface area contributed by atoms with Crippen LogP contribution >= 0.6 is 0 Å². The molecule has 4 aromatic rings. The van der Waals surface area contributed by atoms with E-state index in [9.17, 15) is 9.59 Å². The van der Waals surface area contributed by atoms with Crippen molar-refractivity contribution in [3.05, 3.63) is 112 Å². The molecule has 0 aliphatic heterocycles. The van der Waals surface area contributed by atoms with E-state index >= 15 is 0 Å². The maximum Gasteiger partial charge on any atom is 0.258 e. The van der Waals surface area contributed by atoms with Crippen LogP contribution in [0, 0.1) is 0 Å². The van der Waals surface area contributed by atoms with Gasteiger partial charge in [0, 0.05) is 25.9 Å². The van der Waals surface area contributed by atoms with Crippen LogP contribution in [0.1, 0.15) is 23.4 Å². The maximum atomic E-state index is 13.1. The summed E-state index contributed by atoms with van der Waals surface area (Å²) >= 11 is 0. The zero-order valence-electron chi connectivity index (χ0n) is 17.3. The topological polar surface area (TPSA) is 66.1 Å². The van der Waals surface area contributed by atoms with Gasteiger partial charge in [-0.3, -0.25) is 9.59 Å². The lowest BCUT2D eigenvalue weighted by atomic mass is 10.1. The zero-order chi connectivity index (χ0) is 21.5. The van der Waals surface area contributed by atoms with Gasteiger partial charge >= 0.3 is 0 Å². The Labute approximate surface area is 181 Å². The van der Waals surface area contributed by atoms with Gasteiger partial charge in [0.15, 0.2) is 0 Å². The molecule has 3 aromatic carbocycles. The van der Waals surface area contributed by atoms with E-state index in [1.807, 2.05) is 71.6 Å². The number of benzene rings is 3. The lowest BCUT2D eigenvalue weighted by molar-refractivity contribution is -0.131. The van der Waals surface area contributed by atoms with Crippen molar-refractivity contribution in [2.45, 2.75) is 25.8 Å². The molecule has 1 heterocycles. The van der Waals surface area contributed by atoms with E-state index in [2.05, 4.69) is 22.1 Å². The molecule has 156 valence electrons. The Bertz CT molecular complexity index is 1200. The monoisotopic (exact) mass is 411 g/mol. The average molecular weight is 412 g/mol. The first-order valence-electron chi connectivity index (χ1n) is 10.5. The van der Waals surface area contributed by atoms with Crippen molar-refractivity contribution in [1.82, 2.24) is 14.9 Å². The number of para-hydroxylation sites is 1. The molecule has 0 saturated carbocycles. The highest BCUT2D eigenvalue weighted by Gasteiger charge is 2.15. The first-order chi connectivity index (χ1) is 15.2. The van der Waals surface area contributed by atoms with Gasteiger partial charge in [-0.2, -0.15) is 0 Å². The van der Waals surface area contributed by atoms with Crippen LogP contribution in [0.25, 0.3) is 10.9 Å². The molecule has 0 spiro atoms. The summed E-state index contributed by atoms with van der Waals surface area (Å²) in [6.07, 6.45) is 1.49. The molecular weight excluding hydrogens is 386 g/mol. The van der Waals surface area contributed by atoms with Gasteiger partial charge in [0.2, 0.25) is 5.91 Å². The summed E-state index contributed by atoms with van der Waals surface area (Å²) in [5.41, 5.74) is 2.78. The molecule has 0 fully saturated rings. The average Bonchev–Trinajstić information content (AvgIpc) is 2.81. The minimum Gasteiger partial charge on any atom is -0.338 e. The van der Waals surface area contributed by atoms with Crippen LogP contribution in [0.4, 0.5) is 0 Å². The van der Waals surface area contributed by atoms with E-state index < -0.39 is 0 Å². The van der Waals surface area contributed by atoms with Crippen LogP contribution in [0.2, 0.25) is 0 Å². The van der Waals surface area contributed by atoms with Crippen molar-refractivity contribution in [3.8, 4) is 0 Å². The van der Waals surface area contributed by atoms with E-state index in [0.29, 0.717) is 42.7 Å². The van der Waals surface area contributed by atoms with Gasteiger partial charge in [0.25, 0.3) is 5.56 Å². The largest absolute Gasteiger partial charge is 0.338 e. The number of nitrogens with zero attached hydrogens (tertiary/aromatic N) is 2. The number of fused-ring (bicyclic) bond motifs is 1. The summed E-state index contributed by atoms with van der Waals surface area (Å²) in [6.45, 7) is 1.20. The highest BCUT2D eigenvalue weighted by atomic mass is 16.2. The standard InChI is InChI=1S/C26H25N3O2/c30-25(16-15-24-27-23-14-8-7-13-22(23)26(31)28-24)29(19-21-11-5-2-6-12-21)18-17-20-9-3-1-4-10-20/h1-14H,15-19H2,(H,27,28,31). The summed E-state index contributed by atoms with van der Waals surface area (Å²) in [6, 6.07) is 27.4. The molecule has 0 aliphatic rings. The number of hydrogen-bond donors (Lipinski definition) is 1. The molecule has 31 heavy (non-hydrogen) atoms.